The predicted molar refractivity (Wildman–Crippen MR) is 86.9 cm³/mol. The molecule has 2 saturated heterocycles. The largest absolute Gasteiger partial charge is 0.296 e. The summed E-state index contributed by atoms with van der Waals surface area (Å²) in [4.78, 5) is 4.60. The van der Waals surface area contributed by atoms with Gasteiger partial charge in [-0.2, -0.15) is 4.31 Å². The number of sulfonamides is 1. The Morgan fingerprint density at radius 3 is 1.57 bits per heavy atom. The van der Waals surface area contributed by atoms with Crippen LogP contribution >= 0.6 is 0 Å². The highest BCUT2D eigenvalue weighted by Gasteiger charge is 2.45. The lowest BCUT2D eigenvalue weighted by molar-refractivity contribution is 0.0651. The first-order valence-electron chi connectivity index (χ1n) is 7.91. The first-order valence-corrected chi connectivity index (χ1v) is 9.42. The highest BCUT2D eigenvalue weighted by atomic mass is 32.2. The van der Waals surface area contributed by atoms with Gasteiger partial charge in [-0.25, -0.2) is 8.42 Å². The van der Waals surface area contributed by atoms with Crippen molar-refractivity contribution in [3.8, 4) is 0 Å². The molecule has 124 valence electrons. The SMILES string of the molecule is CC(C)(C)N1CCN(S(=O)(=O)C2CN(C(C)(C)C)C2)CC1. The normalized spacial score (nSPS) is 25.0. The van der Waals surface area contributed by atoms with Gasteiger partial charge in [-0.15, -0.1) is 0 Å². The summed E-state index contributed by atoms with van der Waals surface area (Å²) >= 11 is 0. The number of rotatable bonds is 2. The van der Waals surface area contributed by atoms with E-state index in [-0.39, 0.29) is 16.3 Å². The quantitative estimate of drug-likeness (QED) is 0.768. The van der Waals surface area contributed by atoms with Gasteiger partial charge < -0.3 is 0 Å². The lowest BCUT2D eigenvalue weighted by Crippen LogP contribution is -2.65. The van der Waals surface area contributed by atoms with E-state index in [0.717, 1.165) is 13.1 Å². The molecular formula is C15H31N3O2S. The van der Waals surface area contributed by atoms with Gasteiger partial charge in [0.15, 0.2) is 0 Å². The summed E-state index contributed by atoms with van der Waals surface area (Å²) in [5.74, 6) is 0. The molecule has 0 aromatic heterocycles. The molecule has 2 rings (SSSR count). The molecule has 0 aliphatic carbocycles. The summed E-state index contributed by atoms with van der Waals surface area (Å²) in [5.41, 5.74) is 0.187. The molecule has 0 radical (unpaired) electrons. The van der Waals surface area contributed by atoms with E-state index >= 15 is 0 Å². The zero-order valence-corrected chi connectivity index (χ0v) is 15.2. The third-order valence-electron chi connectivity index (χ3n) is 4.77. The smallest absolute Gasteiger partial charge is 0.219 e. The van der Waals surface area contributed by atoms with Gasteiger partial charge in [0, 0.05) is 50.3 Å². The molecule has 2 fully saturated rings. The molecule has 0 aromatic carbocycles. The highest BCUT2D eigenvalue weighted by molar-refractivity contribution is 7.89. The lowest BCUT2D eigenvalue weighted by atomic mass is 10.0. The summed E-state index contributed by atoms with van der Waals surface area (Å²) in [6.07, 6.45) is 0. The minimum absolute atomic E-state index is 0.0664. The van der Waals surface area contributed by atoms with Crippen LogP contribution in [-0.2, 0) is 10.0 Å². The van der Waals surface area contributed by atoms with Crippen LogP contribution < -0.4 is 0 Å². The fourth-order valence-corrected chi connectivity index (χ4v) is 4.83. The Bertz CT molecular complexity index is 462. The van der Waals surface area contributed by atoms with E-state index in [1.165, 1.54) is 0 Å². The van der Waals surface area contributed by atoms with E-state index in [1.807, 2.05) is 0 Å². The number of hydrogen-bond donors (Lipinski definition) is 0. The van der Waals surface area contributed by atoms with Gasteiger partial charge >= 0.3 is 0 Å². The first kappa shape index (κ1) is 17.2. The molecule has 0 bridgehead atoms. The molecule has 0 unspecified atom stereocenters. The minimum atomic E-state index is -3.12. The maximum absolute atomic E-state index is 12.7. The van der Waals surface area contributed by atoms with Crippen LogP contribution in [0.5, 0.6) is 0 Å². The van der Waals surface area contributed by atoms with Gasteiger partial charge in [0.2, 0.25) is 10.0 Å². The van der Waals surface area contributed by atoms with Crippen LogP contribution in [0.2, 0.25) is 0 Å². The first-order chi connectivity index (χ1) is 9.42. The van der Waals surface area contributed by atoms with E-state index in [2.05, 4.69) is 51.3 Å². The standard InChI is InChI=1S/C15H31N3O2S/c1-14(2,3)16-7-9-18(10-8-16)21(19,20)13-11-17(12-13)15(4,5)6/h13H,7-12H2,1-6H3. The van der Waals surface area contributed by atoms with E-state index in [0.29, 0.717) is 26.2 Å². The predicted octanol–water partition coefficient (Wildman–Crippen LogP) is 1.22. The Kier molecular flexibility index (Phi) is 4.48. The second-order valence-electron chi connectivity index (χ2n) is 8.30. The minimum Gasteiger partial charge on any atom is -0.296 e. The topological polar surface area (TPSA) is 43.9 Å². The lowest BCUT2D eigenvalue weighted by Gasteiger charge is -2.49. The third kappa shape index (κ3) is 3.60. The molecule has 0 N–H and O–H groups in total. The van der Waals surface area contributed by atoms with Gasteiger partial charge in [0.05, 0.1) is 0 Å². The van der Waals surface area contributed by atoms with E-state index in [1.54, 1.807) is 4.31 Å². The maximum Gasteiger partial charge on any atom is 0.219 e. The van der Waals surface area contributed by atoms with E-state index < -0.39 is 10.0 Å². The molecule has 6 heteroatoms. The summed E-state index contributed by atoms with van der Waals surface area (Å²) < 4.78 is 27.1. The van der Waals surface area contributed by atoms with Crippen molar-refractivity contribution in [2.24, 2.45) is 0 Å². The zero-order valence-electron chi connectivity index (χ0n) is 14.4. The summed E-state index contributed by atoms with van der Waals surface area (Å²) in [5, 5.41) is -0.210. The Morgan fingerprint density at radius 2 is 1.19 bits per heavy atom. The molecule has 2 heterocycles. The number of likely N-dealkylation sites (tertiary alicyclic amines) is 1. The highest BCUT2D eigenvalue weighted by Crippen LogP contribution is 2.28. The van der Waals surface area contributed by atoms with Crippen molar-refractivity contribution >= 4 is 10.0 Å². The van der Waals surface area contributed by atoms with E-state index in [9.17, 15) is 8.42 Å². The van der Waals surface area contributed by atoms with Gasteiger partial charge in [-0.3, -0.25) is 9.80 Å². The maximum atomic E-state index is 12.7. The average molecular weight is 317 g/mol. The van der Waals surface area contributed by atoms with Crippen LogP contribution in [0, 0.1) is 0 Å². The van der Waals surface area contributed by atoms with Crippen molar-refractivity contribution in [3.05, 3.63) is 0 Å². The van der Waals surface area contributed by atoms with Crippen molar-refractivity contribution < 1.29 is 8.42 Å². The monoisotopic (exact) mass is 317 g/mol. The van der Waals surface area contributed by atoms with Crippen LogP contribution in [0.1, 0.15) is 41.5 Å². The van der Waals surface area contributed by atoms with Gasteiger partial charge in [0.1, 0.15) is 5.25 Å². The number of piperazine rings is 1. The summed E-state index contributed by atoms with van der Waals surface area (Å²) in [6.45, 7) is 17.2. The van der Waals surface area contributed by atoms with Crippen LogP contribution in [0.15, 0.2) is 0 Å². The fourth-order valence-electron chi connectivity index (χ4n) is 3.00. The zero-order chi connectivity index (χ0) is 16.1. The molecule has 0 atom stereocenters. The molecule has 5 nitrogen and oxygen atoms in total. The Morgan fingerprint density at radius 1 is 0.762 bits per heavy atom. The van der Waals surface area contributed by atoms with Gasteiger partial charge in [0.25, 0.3) is 0 Å². The summed E-state index contributed by atoms with van der Waals surface area (Å²) in [7, 11) is -3.12. The van der Waals surface area contributed by atoms with Crippen molar-refractivity contribution in [2.75, 3.05) is 39.3 Å². The van der Waals surface area contributed by atoms with Crippen LogP contribution in [0.25, 0.3) is 0 Å². The van der Waals surface area contributed by atoms with Crippen molar-refractivity contribution in [3.63, 3.8) is 0 Å². The molecule has 0 amide bonds. The molecule has 2 aliphatic rings. The van der Waals surface area contributed by atoms with Gasteiger partial charge in [-0.1, -0.05) is 0 Å². The molecular weight excluding hydrogens is 286 g/mol. The Hall–Kier alpha value is -0.170. The number of nitrogens with zero attached hydrogens (tertiary/aromatic N) is 3. The fraction of sp³-hybridized carbons (Fsp3) is 1.00. The van der Waals surface area contributed by atoms with Crippen molar-refractivity contribution in [1.29, 1.82) is 0 Å². The molecule has 2 aliphatic heterocycles. The second-order valence-corrected chi connectivity index (χ2v) is 10.5. The Balaban J connectivity index is 1.92. The second kappa shape index (κ2) is 5.48. The molecule has 0 saturated carbocycles. The number of hydrogen-bond acceptors (Lipinski definition) is 4. The average Bonchev–Trinajstić information content (AvgIpc) is 2.23. The van der Waals surface area contributed by atoms with Crippen molar-refractivity contribution in [1.82, 2.24) is 14.1 Å². The van der Waals surface area contributed by atoms with Crippen LogP contribution in [0.4, 0.5) is 0 Å². The van der Waals surface area contributed by atoms with Gasteiger partial charge in [-0.05, 0) is 41.5 Å². The molecule has 21 heavy (non-hydrogen) atoms. The van der Waals surface area contributed by atoms with Crippen molar-refractivity contribution in [2.45, 2.75) is 57.9 Å². The summed E-state index contributed by atoms with van der Waals surface area (Å²) in [6, 6.07) is 0. The third-order valence-corrected chi connectivity index (χ3v) is 6.99. The van der Waals surface area contributed by atoms with E-state index in [4.69, 9.17) is 0 Å². The molecule has 0 spiro atoms. The Labute approximate surface area is 130 Å². The molecule has 0 aromatic rings. The van der Waals surface area contributed by atoms with Crippen LogP contribution in [0.3, 0.4) is 0 Å². The van der Waals surface area contributed by atoms with Crippen LogP contribution in [-0.4, -0.2) is 78.1 Å².